The second-order valence-electron chi connectivity index (χ2n) is 4.01. The van der Waals surface area contributed by atoms with Crippen LogP contribution in [0, 0.1) is 0 Å². The average molecular weight is 202 g/mol. The van der Waals surface area contributed by atoms with Crippen LogP contribution in [0.25, 0.3) is 0 Å². The van der Waals surface area contributed by atoms with Crippen LogP contribution in [0.4, 0.5) is 0 Å². The van der Waals surface area contributed by atoms with Gasteiger partial charge in [0.15, 0.2) is 0 Å². The van der Waals surface area contributed by atoms with Gasteiger partial charge < -0.3 is 0 Å². The van der Waals surface area contributed by atoms with Gasteiger partial charge in [-0.2, -0.15) is 0 Å². The highest BCUT2D eigenvalue weighted by Gasteiger charge is 1.86. The summed E-state index contributed by atoms with van der Waals surface area (Å²) in [6.45, 7) is 2.26. The van der Waals surface area contributed by atoms with E-state index in [0.29, 0.717) is 0 Å². The molecule has 0 heteroatoms. The van der Waals surface area contributed by atoms with Gasteiger partial charge in [0.2, 0.25) is 0 Å². The molecule has 0 amide bonds. The zero-order valence-corrected chi connectivity index (χ0v) is 9.78. The molecule has 0 aromatic heterocycles. The number of hydrogen-bond acceptors (Lipinski definition) is 0. The molecule has 0 spiro atoms. The van der Waals surface area contributed by atoms with Crippen LogP contribution in [-0.4, -0.2) is 0 Å². The van der Waals surface area contributed by atoms with Crippen molar-refractivity contribution in [3.63, 3.8) is 0 Å². The molecule has 0 aliphatic heterocycles. The van der Waals surface area contributed by atoms with E-state index < -0.39 is 0 Å². The number of hydrogen-bond donors (Lipinski definition) is 0. The molecule has 0 nitrogen and oxygen atoms in total. The molecule has 0 aliphatic rings. The summed E-state index contributed by atoms with van der Waals surface area (Å²) in [5, 5.41) is 0. The van der Waals surface area contributed by atoms with Crippen LogP contribution in [0.2, 0.25) is 0 Å². The fourth-order valence-electron chi connectivity index (χ4n) is 1.64. The van der Waals surface area contributed by atoms with Gasteiger partial charge in [0.1, 0.15) is 0 Å². The quantitative estimate of drug-likeness (QED) is 0.442. The maximum Gasteiger partial charge on any atom is -0.00975 e. The van der Waals surface area contributed by atoms with Crippen molar-refractivity contribution in [1.82, 2.24) is 0 Å². The lowest BCUT2D eigenvalue weighted by Gasteiger charge is -1.95. The normalized spacial score (nSPS) is 11.0. The van der Waals surface area contributed by atoms with E-state index in [0.717, 1.165) is 6.42 Å². The highest BCUT2D eigenvalue weighted by atomic mass is 13.9. The number of unbranched alkanes of at least 4 members (excludes halogenated alkanes) is 4. The number of rotatable bonds is 7. The zero-order valence-electron chi connectivity index (χ0n) is 9.78. The van der Waals surface area contributed by atoms with Crippen molar-refractivity contribution in [2.45, 2.75) is 45.4 Å². The van der Waals surface area contributed by atoms with Gasteiger partial charge in [-0.05, 0) is 24.8 Å². The van der Waals surface area contributed by atoms with Crippen LogP contribution < -0.4 is 0 Å². The Morgan fingerprint density at radius 2 is 1.73 bits per heavy atom. The molecule has 0 heterocycles. The van der Waals surface area contributed by atoms with E-state index in [-0.39, 0.29) is 0 Å². The highest BCUT2D eigenvalue weighted by molar-refractivity contribution is 5.17. The second kappa shape index (κ2) is 8.28. The Kier molecular flexibility index (Phi) is 6.64. The molecule has 0 unspecified atom stereocenters. The summed E-state index contributed by atoms with van der Waals surface area (Å²) >= 11 is 0. The largest absolute Gasteiger partial charge is 0.0882 e. The lowest BCUT2D eigenvalue weighted by atomic mass is 10.1. The maximum atomic E-state index is 2.32. The van der Waals surface area contributed by atoms with E-state index in [9.17, 15) is 0 Å². The first kappa shape index (κ1) is 12.0. The minimum absolute atomic E-state index is 1.08. The maximum absolute atomic E-state index is 2.32. The van der Waals surface area contributed by atoms with Crippen LogP contribution in [0.15, 0.2) is 42.5 Å². The molecule has 0 radical (unpaired) electrons. The molecule has 15 heavy (non-hydrogen) atoms. The molecule has 0 aliphatic carbocycles. The SMILES string of the molecule is CCCCCC/C=C/Cc1ccccc1. The Balaban J connectivity index is 2.07. The minimum atomic E-state index is 1.08. The van der Waals surface area contributed by atoms with E-state index >= 15 is 0 Å². The molecule has 0 N–H and O–H groups in total. The lowest BCUT2D eigenvalue weighted by Crippen LogP contribution is -1.79. The minimum Gasteiger partial charge on any atom is -0.0882 e. The first-order chi connectivity index (χ1) is 7.43. The van der Waals surface area contributed by atoms with E-state index in [1.807, 2.05) is 0 Å². The van der Waals surface area contributed by atoms with E-state index in [4.69, 9.17) is 0 Å². The van der Waals surface area contributed by atoms with Crippen molar-refractivity contribution in [2.24, 2.45) is 0 Å². The van der Waals surface area contributed by atoms with Crippen LogP contribution in [0.5, 0.6) is 0 Å². The van der Waals surface area contributed by atoms with Crippen LogP contribution in [0.1, 0.15) is 44.6 Å². The standard InChI is InChI=1S/C15H22/c1-2-3-4-5-6-7-9-12-15-13-10-8-11-14-15/h7-11,13-14H,2-6,12H2,1H3/b9-7+. The van der Waals surface area contributed by atoms with E-state index in [1.165, 1.54) is 37.7 Å². The van der Waals surface area contributed by atoms with E-state index in [2.05, 4.69) is 49.4 Å². The third-order valence-electron chi connectivity index (χ3n) is 2.59. The van der Waals surface area contributed by atoms with Gasteiger partial charge in [0.05, 0.1) is 0 Å². The molecule has 0 saturated carbocycles. The van der Waals surface area contributed by atoms with Crippen molar-refractivity contribution in [1.29, 1.82) is 0 Å². The van der Waals surface area contributed by atoms with Gasteiger partial charge in [-0.3, -0.25) is 0 Å². The second-order valence-corrected chi connectivity index (χ2v) is 4.01. The summed E-state index contributed by atoms with van der Waals surface area (Å²) in [5.41, 5.74) is 1.40. The molecule has 0 bridgehead atoms. The molecule has 0 atom stereocenters. The Hall–Kier alpha value is -1.04. The summed E-state index contributed by atoms with van der Waals surface area (Å²) in [7, 11) is 0. The molecule has 1 aromatic rings. The monoisotopic (exact) mass is 202 g/mol. The van der Waals surface area contributed by atoms with Gasteiger partial charge in [-0.1, -0.05) is 68.7 Å². The van der Waals surface area contributed by atoms with Crippen molar-refractivity contribution in [2.75, 3.05) is 0 Å². The van der Waals surface area contributed by atoms with Gasteiger partial charge in [0, 0.05) is 0 Å². The molecule has 82 valence electrons. The summed E-state index contributed by atoms with van der Waals surface area (Å²) in [6, 6.07) is 10.6. The Morgan fingerprint density at radius 3 is 2.47 bits per heavy atom. The molecular formula is C15H22. The number of benzene rings is 1. The molecular weight excluding hydrogens is 180 g/mol. The lowest BCUT2D eigenvalue weighted by molar-refractivity contribution is 0.674. The van der Waals surface area contributed by atoms with Crippen molar-refractivity contribution < 1.29 is 0 Å². The van der Waals surface area contributed by atoms with Gasteiger partial charge in [0.25, 0.3) is 0 Å². The Morgan fingerprint density at radius 1 is 0.933 bits per heavy atom. The Bertz CT molecular complexity index is 259. The zero-order chi connectivity index (χ0) is 10.8. The summed E-state index contributed by atoms with van der Waals surface area (Å²) in [4.78, 5) is 0. The van der Waals surface area contributed by atoms with Crippen molar-refractivity contribution >= 4 is 0 Å². The predicted molar refractivity (Wildman–Crippen MR) is 68.0 cm³/mol. The molecule has 1 aromatic carbocycles. The topological polar surface area (TPSA) is 0 Å². The van der Waals surface area contributed by atoms with Gasteiger partial charge in [-0.25, -0.2) is 0 Å². The van der Waals surface area contributed by atoms with E-state index in [1.54, 1.807) is 0 Å². The predicted octanol–water partition coefficient (Wildman–Crippen LogP) is 4.76. The number of allylic oxidation sites excluding steroid dienone is 2. The van der Waals surface area contributed by atoms with Crippen LogP contribution in [0.3, 0.4) is 0 Å². The van der Waals surface area contributed by atoms with Crippen molar-refractivity contribution in [3.8, 4) is 0 Å². The smallest absolute Gasteiger partial charge is 0.00975 e. The first-order valence-electron chi connectivity index (χ1n) is 6.12. The fourth-order valence-corrected chi connectivity index (χ4v) is 1.64. The van der Waals surface area contributed by atoms with Gasteiger partial charge >= 0.3 is 0 Å². The molecule has 0 saturated heterocycles. The average Bonchev–Trinajstić information content (AvgIpc) is 2.29. The molecule has 0 fully saturated rings. The summed E-state index contributed by atoms with van der Waals surface area (Å²) in [5.74, 6) is 0. The Labute approximate surface area is 94.0 Å². The fraction of sp³-hybridized carbons (Fsp3) is 0.467. The summed E-state index contributed by atoms with van der Waals surface area (Å²) in [6.07, 6.45) is 12.4. The summed E-state index contributed by atoms with van der Waals surface area (Å²) < 4.78 is 0. The highest BCUT2D eigenvalue weighted by Crippen LogP contribution is 2.04. The van der Waals surface area contributed by atoms with Crippen LogP contribution in [-0.2, 0) is 6.42 Å². The molecule has 1 rings (SSSR count). The third-order valence-corrected chi connectivity index (χ3v) is 2.59. The van der Waals surface area contributed by atoms with Crippen molar-refractivity contribution in [3.05, 3.63) is 48.0 Å². The van der Waals surface area contributed by atoms with Gasteiger partial charge in [-0.15, -0.1) is 0 Å². The first-order valence-corrected chi connectivity index (χ1v) is 6.12. The third kappa shape index (κ3) is 6.11. The van der Waals surface area contributed by atoms with Crippen LogP contribution >= 0.6 is 0 Å².